The van der Waals surface area contributed by atoms with Gasteiger partial charge in [0, 0.05) is 24.7 Å². The molecule has 0 spiro atoms. The van der Waals surface area contributed by atoms with Gasteiger partial charge in [0.2, 0.25) is 5.91 Å². The molecule has 2 amide bonds. The van der Waals surface area contributed by atoms with Crippen LogP contribution in [0.4, 0.5) is 0 Å². The van der Waals surface area contributed by atoms with Crippen LogP contribution in [0.25, 0.3) is 11.1 Å². The minimum atomic E-state index is -1.06. The lowest BCUT2D eigenvalue weighted by Crippen LogP contribution is -2.66. The van der Waals surface area contributed by atoms with Gasteiger partial charge in [0.25, 0.3) is 5.91 Å². The van der Waals surface area contributed by atoms with E-state index < -0.39 is 5.54 Å². The first-order valence-electron chi connectivity index (χ1n) is 13.1. The van der Waals surface area contributed by atoms with Crippen LogP contribution in [0.3, 0.4) is 0 Å². The van der Waals surface area contributed by atoms with E-state index in [4.69, 9.17) is 4.42 Å². The Kier molecular flexibility index (Phi) is 6.86. The summed E-state index contributed by atoms with van der Waals surface area (Å²) in [5.41, 5.74) is 2.05. The van der Waals surface area contributed by atoms with E-state index in [1.165, 1.54) is 6.42 Å². The predicted octanol–water partition coefficient (Wildman–Crippen LogP) is 5.91. The van der Waals surface area contributed by atoms with Gasteiger partial charge in [0.15, 0.2) is 5.58 Å². The van der Waals surface area contributed by atoms with Crippen molar-refractivity contribution in [1.82, 2.24) is 14.8 Å². The van der Waals surface area contributed by atoms with Crippen LogP contribution >= 0.6 is 0 Å². The first kappa shape index (κ1) is 24.2. The van der Waals surface area contributed by atoms with Gasteiger partial charge in [-0.1, -0.05) is 73.9 Å². The highest BCUT2D eigenvalue weighted by atomic mass is 16.3. The van der Waals surface area contributed by atoms with Crippen molar-refractivity contribution in [3.8, 4) is 0 Å². The number of nitrogens with zero attached hydrogens (tertiary/aromatic N) is 2. The number of allylic oxidation sites excluding steroid dienone is 3. The van der Waals surface area contributed by atoms with Gasteiger partial charge in [-0.25, -0.2) is 0 Å². The molecule has 1 unspecified atom stereocenters. The number of carbonyl (C=O) groups is 2. The van der Waals surface area contributed by atoms with E-state index >= 15 is 0 Å². The highest BCUT2D eigenvalue weighted by molar-refractivity contribution is 6.03. The number of aromatic nitrogens is 1. The van der Waals surface area contributed by atoms with Crippen molar-refractivity contribution in [2.45, 2.75) is 77.0 Å². The molecule has 3 aromatic rings. The molecule has 1 fully saturated rings. The zero-order chi connectivity index (χ0) is 25.1. The number of aryl methyl sites for hydroxylation is 1. The molecule has 2 aromatic heterocycles. The Labute approximate surface area is 212 Å². The summed E-state index contributed by atoms with van der Waals surface area (Å²) in [6.07, 6.45) is 13.8. The van der Waals surface area contributed by atoms with Crippen molar-refractivity contribution >= 4 is 22.9 Å². The van der Waals surface area contributed by atoms with Gasteiger partial charge in [-0.05, 0) is 38.7 Å². The molecular formula is C30H35N3O3. The molecule has 1 atom stereocenters. The summed E-state index contributed by atoms with van der Waals surface area (Å²) in [6.45, 7) is 4.61. The molecule has 0 radical (unpaired) electrons. The highest BCUT2D eigenvalue weighted by Gasteiger charge is 2.51. The van der Waals surface area contributed by atoms with Crippen LogP contribution in [0, 0.1) is 6.92 Å². The fourth-order valence-corrected chi connectivity index (χ4v) is 5.66. The molecule has 1 aliphatic carbocycles. The fourth-order valence-electron chi connectivity index (χ4n) is 5.66. The molecule has 6 nitrogen and oxygen atoms in total. The van der Waals surface area contributed by atoms with Crippen LogP contribution in [0.15, 0.2) is 71.2 Å². The van der Waals surface area contributed by atoms with Gasteiger partial charge in [-0.15, -0.1) is 0 Å². The maximum absolute atomic E-state index is 14.3. The molecule has 6 heteroatoms. The third-order valence-corrected chi connectivity index (χ3v) is 7.56. The number of fused-ring (bicyclic) bond motifs is 3. The lowest BCUT2D eigenvalue weighted by molar-refractivity contribution is -0.135. The van der Waals surface area contributed by atoms with E-state index in [1.54, 1.807) is 4.90 Å². The topological polar surface area (TPSA) is 67.5 Å². The SMILES string of the molecule is C/C=C\C=C/CC1(C(=O)NC2CCCCC2)Cn2c(cc3oc(C)cc32)C(=O)N1Cc1ccccc1. The Morgan fingerprint density at radius 3 is 2.67 bits per heavy atom. The Bertz CT molecular complexity index is 1290. The number of hydrogen-bond donors (Lipinski definition) is 1. The van der Waals surface area contributed by atoms with Gasteiger partial charge < -0.3 is 19.2 Å². The van der Waals surface area contributed by atoms with Gasteiger partial charge in [0.1, 0.15) is 17.0 Å². The van der Waals surface area contributed by atoms with Crippen molar-refractivity contribution in [2.75, 3.05) is 0 Å². The second kappa shape index (κ2) is 10.2. The Morgan fingerprint density at radius 1 is 1.14 bits per heavy atom. The average molecular weight is 486 g/mol. The Hall–Kier alpha value is -3.54. The lowest BCUT2D eigenvalue weighted by Gasteiger charge is -2.46. The maximum atomic E-state index is 14.3. The number of benzene rings is 1. The minimum absolute atomic E-state index is 0.0727. The highest BCUT2D eigenvalue weighted by Crippen LogP contribution is 2.37. The van der Waals surface area contributed by atoms with Gasteiger partial charge in [-0.3, -0.25) is 9.59 Å². The van der Waals surface area contributed by atoms with Crippen molar-refractivity contribution in [3.05, 3.63) is 83.8 Å². The van der Waals surface area contributed by atoms with E-state index in [9.17, 15) is 9.59 Å². The summed E-state index contributed by atoms with van der Waals surface area (Å²) >= 11 is 0. The van der Waals surface area contributed by atoms with Crippen LogP contribution in [-0.4, -0.2) is 32.9 Å². The molecular weight excluding hydrogens is 450 g/mol. The van der Waals surface area contributed by atoms with Crippen LogP contribution in [0.5, 0.6) is 0 Å². The number of rotatable bonds is 7. The Morgan fingerprint density at radius 2 is 1.92 bits per heavy atom. The van der Waals surface area contributed by atoms with Crippen molar-refractivity contribution in [1.29, 1.82) is 0 Å². The lowest BCUT2D eigenvalue weighted by atomic mass is 9.86. The van der Waals surface area contributed by atoms with E-state index in [0.717, 1.165) is 42.5 Å². The summed E-state index contributed by atoms with van der Waals surface area (Å²) in [4.78, 5) is 30.2. The second-order valence-electron chi connectivity index (χ2n) is 10.1. The summed E-state index contributed by atoms with van der Waals surface area (Å²) in [5.74, 6) is 0.573. The molecule has 0 saturated heterocycles. The third-order valence-electron chi connectivity index (χ3n) is 7.56. The van der Waals surface area contributed by atoms with E-state index in [2.05, 4.69) is 5.32 Å². The minimum Gasteiger partial charge on any atom is -0.460 e. The smallest absolute Gasteiger partial charge is 0.271 e. The van der Waals surface area contributed by atoms with Crippen LogP contribution < -0.4 is 5.32 Å². The van der Waals surface area contributed by atoms with Crippen molar-refractivity contribution < 1.29 is 14.0 Å². The van der Waals surface area contributed by atoms with Gasteiger partial charge in [0.05, 0.1) is 12.1 Å². The molecule has 1 N–H and O–H groups in total. The molecule has 5 rings (SSSR count). The third kappa shape index (κ3) is 4.52. The largest absolute Gasteiger partial charge is 0.460 e. The van der Waals surface area contributed by atoms with Gasteiger partial charge >= 0.3 is 0 Å². The Balaban J connectivity index is 1.61. The molecule has 188 valence electrons. The first-order chi connectivity index (χ1) is 17.5. The zero-order valence-corrected chi connectivity index (χ0v) is 21.2. The number of nitrogens with one attached hydrogen (secondary N) is 1. The zero-order valence-electron chi connectivity index (χ0n) is 21.2. The van der Waals surface area contributed by atoms with Gasteiger partial charge in [-0.2, -0.15) is 0 Å². The van der Waals surface area contributed by atoms with Crippen LogP contribution in [0.1, 0.15) is 67.3 Å². The second-order valence-corrected chi connectivity index (χ2v) is 10.1. The molecule has 0 bridgehead atoms. The molecule has 1 aromatic carbocycles. The molecule has 3 heterocycles. The monoisotopic (exact) mass is 485 g/mol. The van der Waals surface area contributed by atoms with Crippen LogP contribution in [-0.2, 0) is 17.9 Å². The van der Waals surface area contributed by atoms with Crippen LogP contribution in [0.2, 0.25) is 0 Å². The standard InChI is InChI=1S/C30H35N3O3/c1-3-4-5-12-17-30(29(35)31-24-15-10-7-11-16-24)21-32-25-18-22(2)36-27(25)19-26(32)28(34)33(30)20-23-13-8-6-9-14-23/h3-6,8-9,12-14,18-19,24H,7,10-11,15-17,20-21H2,1-2H3,(H,31,35)/b4-3-,12-5-. The molecule has 1 aliphatic heterocycles. The predicted molar refractivity (Wildman–Crippen MR) is 142 cm³/mol. The summed E-state index contributed by atoms with van der Waals surface area (Å²) in [7, 11) is 0. The maximum Gasteiger partial charge on any atom is 0.271 e. The summed E-state index contributed by atoms with van der Waals surface area (Å²) in [5, 5.41) is 3.36. The number of furan rings is 1. The average Bonchev–Trinajstić information content (AvgIpc) is 3.41. The number of hydrogen-bond acceptors (Lipinski definition) is 3. The molecule has 2 aliphatic rings. The first-order valence-corrected chi connectivity index (χ1v) is 13.1. The normalized spacial score (nSPS) is 21.1. The fraction of sp³-hybridized carbons (Fsp3) is 0.400. The molecule has 36 heavy (non-hydrogen) atoms. The van der Waals surface area contributed by atoms with Crippen molar-refractivity contribution in [2.24, 2.45) is 0 Å². The molecule has 1 saturated carbocycles. The summed E-state index contributed by atoms with van der Waals surface area (Å²) in [6, 6.07) is 13.9. The van der Waals surface area contributed by atoms with E-state index in [1.807, 2.05) is 85.2 Å². The summed E-state index contributed by atoms with van der Waals surface area (Å²) < 4.78 is 7.86. The van der Waals surface area contributed by atoms with E-state index in [-0.39, 0.29) is 17.9 Å². The number of carbonyl (C=O) groups excluding carboxylic acids is 2. The number of amides is 2. The van der Waals surface area contributed by atoms with E-state index in [0.29, 0.717) is 30.8 Å². The quantitative estimate of drug-likeness (QED) is 0.423. The van der Waals surface area contributed by atoms with Crippen molar-refractivity contribution in [3.63, 3.8) is 0 Å².